The molecule has 0 bridgehead atoms. The summed E-state index contributed by atoms with van der Waals surface area (Å²) >= 11 is 0. The first-order chi connectivity index (χ1) is 12.1. The van der Waals surface area contributed by atoms with Gasteiger partial charge in [0, 0.05) is 25.6 Å². The van der Waals surface area contributed by atoms with E-state index >= 15 is 0 Å². The Morgan fingerprint density at radius 3 is 2.52 bits per heavy atom. The normalized spacial score (nSPS) is 11.0. The molecule has 0 unspecified atom stereocenters. The van der Waals surface area contributed by atoms with Crippen LogP contribution in [0.4, 0.5) is 0 Å². The Hall–Kier alpha value is -3.21. The first-order valence-electron chi connectivity index (χ1n) is 7.96. The summed E-state index contributed by atoms with van der Waals surface area (Å²) in [6.07, 6.45) is 8.58. The monoisotopic (exact) mass is 333 g/mol. The van der Waals surface area contributed by atoms with Crippen LogP contribution >= 0.6 is 0 Å². The molecule has 0 aliphatic carbocycles. The number of benzene rings is 1. The van der Waals surface area contributed by atoms with E-state index in [4.69, 9.17) is 4.74 Å². The number of nitrogens with zero attached hydrogens (tertiary/aromatic N) is 3. The average molecular weight is 333 g/mol. The molecule has 3 rings (SSSR count). The summed E-state index contributed by atoms with van der Waals surface area (Å²) in [5.74, 6) is 0.729. The van der Waals surface area contributed by atoms with Gasteiger partial charge in [-0.15, -0.1) is 0 Å². The number of aromatic nitrogens is 3. The quantitative estimate of drug-likeness (QED) is 0.511. The van der Waals surface area contributed by atoms with Crippen molar-refractivity contribution in [3.05, 3.63) is 83.4 Å². The Bertz CT molecular complexity index is 881. The third kappa shape index (κ3) is 4.41. The number of carbonyl (C=O) groups excluding carboxylic acids is 1. The number of carbonyl (C=O) groups is 1. The molecule has 0 amide bonds. The van der Waals surface area contributed by atoms with Crippen LogP contribution in [0.3, 0.4) is 0 Å². The Balaban J connectivity index is 1.60. The molecule has 0 atom stereocenters. The van der Waals surface area contributed by atoms with Gasteiger partial charge in [0.1, 0.15) is 12.4 Å². The standard InChI is InChI=1S/C20H19N3O2/c1-15-19(13-23(2)22-15)20(24)8-5-16-3-6-18(7-4-16)25-14-17-9-11-21-12-10-17/h3-13H,14H2,1-2H3/b8-5+. The lowest BCUT2D eigenvalue weighted by Crippen LogP contribution is -1.95. The maximum atomic E-state index is 12.2. The number of hydrogen-bond donors (Lipinski definition) is 0. The molecule has 2 aromatic heterocycles. The number of aryl methyl sites for hydroxylation is 2. The van der Waals surface area contributed by atoms with Gasteiger partial charge in [-0.3, -0.25) is 14.5 Å². The van der Waals surface area contributed by atoms with Crippen LogP contribution in [0.25, 0.3) is 6.08 Å². The van der Waals surface area contributed by atoms with Crippen LogP contribution in [-0.2, 0) is 13.7 Å². The Labute approximate surface area is 146 Å². The number of hydrogen-bond acceptors (Lipinski definition) is 4. The predicted octanol–water partition coefficient (Wildman–Crippen LogP) is 3.60. The van der Waals surface area contributed by atoms with Crippen molar-refractivity contribution in [3.63, 3.8) is 0 Å². The van der Waals surface area contributed by atoms with Crippen molar-refractivity contribution in [1.82, 2.24) is 14.8 Å². The van der Waals surface area contributed by atoms with Crippen molar-refractivity contribution in [2.24, 2.45) is 7.05 Å². The van der Waals surface area contributed by atoms with Gasteiger partial charge in [-0.2, -0.15) is 5.10 Å². The molecule has 0 aliphatic rings. The van der Waals surface area contributed by atoms with Crippen molar-refractivity contribution in [1.29, 1.82) is 0 Å². The topological polar surface area (TPSA) is 57.0 Å². The maximum Gasteiger partial charge on any atom is 0.189 e. The summed E-state index contributed by atoms with van der Waals surface area (Å²) in [4.78, 5) is 16.2. The lowest BCUT2D eigenvalue weighted by Gasteiger charge is -2.06. The minimum atomic E-state index is -0.0522. The van der Waals surface area contributed by atoms with Crippen LogP contribution in [-0.4, -0.2) is 20.5 Å². The number of ether oxygens (including phenoxy) is 1. The molecule has 0 saturated carbocycles. The van der Waals surface area contributed by atoms with E-state index < -0.39 is 0 Å². The molecule has 126 valence electrons. The molecule has 0 radical (unpaired) electrons. The van der Waals surface area contributed by atoms with E-state index in [0.717, 1.165) is 22.6 Å². The molecule has 1 aromatic carbocycles. The fraction of sp³-hybridized carbons (Fsp3) is 0.150. The summed E-state index contributed by atoms with van der Waals surface area (Å²) in [6.45, 7) is 2.33. The highest BCUT2D eigenvalue weighted by Gasteiger charge is 2.09. The Kier molecular flexibility index (Phi) is 5.04. The number of rotatable bonds is 6. The largest absolute Gasteiger partial charge is 0.489 e. The number of ketones is 1. The lowest BCUT2D eigenvalue weighted by atomic mass is 10.1. The van der Waals surface area contributed by atoms with Gasteiger partial charge in [0.25, 0.3) is 0 Å². The fourth-order valence-corrected chi connectivity index (χ4v) is 2.42. The third-order valence-electron chi connectivity index (χ3n) is 3.74. The highest BCUT2D eigenvalue weighted by Crippen LogP contribution is 2.15. The minimum absolute atomic E-state index is 0.0522. The maximum absolute atomic E-state index is 12.2. The molecular weight excluding hydrogens is 314 g/mol. The van der Waals surface area contributed by atoms with E-state index in [2.05, 4.69) is 10.1 Å². The molecule has 5 nitrogen and oxygen atoms in total. The first-order valence-corrected chi connectivity index (χ1v) is 7.96. The van der Waals surface area contributed by atoms with E-state index in [-0.39, 0.29) is 5.78 Å². The molecule has 0 saturated heterocycles. The molecule has 5 heteroatoms. The van der Waals surface area contributed by atoms with Crippen LogP contribution < -0.4 is 4.74 Å². The molecule has 3 aromatic rings. The molecule has 0 fully saturated rings. The molecule has 25 heavy (non-hydrogen) atoms. The van der Waals surface area contributed by atoms with Crippen LogP contribution in [0.5, 0.6) is 5.75 Å². The lowest BCUT2D eigenvalue weighted by molar-refractivity contribution is 0.104. The first kappa shape index (κ1) is 16.6. The molecule has 0 spiro atoms. The van der Waals surface area contributed by atoms with E-state index in [0.29, 0.717) is 12.2 Å². The number of pyridine rings is 1. The molecular formula is C20H19N3O2. The van der Waals surface area contributed by atoms with Gasteiger partial charge < -0.3 is 4.74 Å². The van der Waals surface area contributed by atoms with Gasteiger partial charge >= 0.3 is 0 Å². The average Bonchev–Trinajstić information content (AvgIpc) is 2.98. The summed E-state index contributed by atoms with van der Waals surface area (Å²) < 4.78 is 7.37. The summed E-state index contributed by atoms with van der Waals surface area (Å²) in [6, 6.07) is 11.5. The van der Waals surface area contributed by atoms with Gasteiger partial charge in [-0.1, -0.05) is 18.2 Å². The second-order valence-corrected chi connectivity index (χ2v) is 5.71. The second-order valence-electron chi connectivity index (χ2n) is 5.71. The van der Waals surface area contributed by atoms with Gasteiger partial charge in [0.15, 0.2) is 5.78 Å². The zero-order chi connectivity index (χ0) is 17.6. The van der Waals surface area contributed by atoms with E-state index in [9.17, 15) is 4.79 Å². The van der Waals surface area contributed by atoms with Crippen LogP contribution in [0.1, 0.15) is 27.2 Å². The Morgan fingerprint density at radius 2 is 1.88 bits per heavy atom. The number of allylic oxidation sites excluding steroid dienone is 1. The van der Waals surface area contributed by atoms with E-state index in [1.807, 2.05) is 43.3 Å². The van der Waals surface area contributed by atoms with Gasteiger partial charge in [-0.25, -0.2) is 0 Å². The van der Waals surface area contributed by atoms with E-state index in [1.165, 1.54) is 0 Å². The highest BCUT2D eigenvalue weighted by atomic mass is 16.5. The van der Waals surface area contributed by atoms with Gasteiger partial charge in [0.2, 0.25) is 0 Å². The van der Waals surface area contributed by atoms with Crippen molar-refractivity contribution in [2.45, 2.75) is 13.5 Å². The van der Waals surface area contributed by atoms with Crippen molar-refractivity contribution < 1.29 is 9.53 Å². The highest BCUT2D eigenvalue weighted by molar-refractivity contribution is 6.07. The van der Waals surface area contributed by atoms with E-state index in [1.54, 1.807) is 42.5 Å². The molecule has 2 heterocycles. The van der Waals surface area contributed by atoms with Crippen LogP contribution in [0.2, 0.25) is 0 Å². The van der Waals surface area contributed by atoms with Crippen molar-refractivity contribution in [3.8, 4) is 5.75 Å². The fourth-order valence-electron chi connectivity index (χ4n) is 2.42. The SMILES string of the molecule is Cc1nn(C)cc1C(=O)/C=C/c1ccc(OCc2ccncc2)cc1. The van der Waals surface area contributed by atoms with Crippen LogP contribution in [0.15, 0.2) is 61.1 Å². The minimum Gasteiger partial charge on any atom is -0.489 e. The van der Waals surface area contributed by atoms with Gasteiger partial charge in [-0.05, 0) is 48.4 Å². The van der Waals surface area contributed by atoms with Crippen LogP contribution in [0, 0.1) is 6.92 Å². The predicted molar refractivity (Wildman–Crippen MR) is 96.3 cm³/mol. The second kappa shape index (κ2) is 7.57. The molecule has 0 aliphatic heterocycles. The summed E-state index contributed by atoms with van der Waals surface area (Å²) in [5.41, 5.74) is 3.36. The van der Waals surface area contributed by atoms with Crippen molar-refractivity contribution >= 4 is 11.9 Å². The third-order valence-corrected chi connectivity index (χ3v) is 3.74. The smallest absolute Gasteiger partial charge is 0.189 e. The summed E-state index contributed by atoms with van der Waals surface area (Å²) in [7, 11) is 1.80. The van der Waals surface area contributed by atoms with Gasteiger partial charge in [0.05, 0.1) is 11.3 Å². The zero-order valence-corrected chi connectivity index (χ0v) is 14.2. The molecule has 0 N–H and O–H groups in total. The summed E-state index contributed by atoms with van der Waals surface area (Å²) in [5, 5.41) is 4.19. The Morgan fingerprint density at radius 1 is 1.16 bits per heavy atom. The van der Waals surface area contributed by atoms with Crippen molar-refractivity contribution in [2.75, 3.05) is 0 Å². The zero-order valence-electron chi connectivity index (χ0n) is 14.2.